The van der Waals surface area contributed by atoms with Crippen LogP contribution in [0.3, 0.4) is 0 Å². The fraction of sp³-hybridized carbons (Fsp3) is 0.167. The van der Waals surface area contributed by atoms with E-state index in [1.165, 1.54) is 0 Å². The van der Waals surface area contributed by atoms with Crippen molar-refractivity contribution in [2.75, 3.05) is 5.73 Å². The minimum atomic E-state index is 0.508. The summed E-state index contributed by atoms with van der Waals surface area (Å²) < 4.78 is 4.74. The Morgan fingerprint density at radius 3 is 2.89 bits per heavy atom. The molecule has 92 valence electrons. The number of hydrogen-bond donors (Lipinski definition) is 1. The Hall–Kier alpha value is -1.82. The van der Waals surface area contributed by atoms with E-state index in [2.05, 4.69) is 26.0 Å². The second-order valence-corrected chi connectivity index (χ2v) is 5.09. The molecule has 2 aromatic heterocycles. The summed E-state index contributed by atoms with van der Waals surface area (Å²) in [7, 11) is 1.90. The van der Waals surface area contributed by atoms with Gasteiger partial charge in [-0.15, -0.1) is 0 Å². The molecule has 0 aliphatic heterocycles. The van der Waals surface area contributed by atoms with Crippen molar-refractivity contribution in [3.05, 3.63) is 40.6 Å². The van der Waals surface area contributed by atoms with E-state index in [-0.39, 0.29) is 0 Å². The van der Waals surface area contributed by atoms with Gasteiger partial charge in [0.05, 0.1) is 23.3 Å². The van der Waals surface area contributed by atoms with Crippen LogP contribution in [0.2, 0.25) is 0 Å². The summed E-state index contributed by atoms with van der Waals surface area (Å²) in [5.41, 5.74) is 8.83. The van der Waals surface area contributed by atoms with Gasteiger partial charge in [-0.3, -0.25) is 4.68 Å². The molecule has 1 aromatic carbocycles. The van der Waals surface area contributed by atoms with Crippen LogP contribution < -0.4 is 5.73 Å². The first-order valence-corrected chi connectivity index (χ1v) is 6.32. The molecule has 0 atom stereocenters. The van der Waals surface area contributed by atoms with Gasteiger partial charge in [-0.2, -0.15) is 5.10 Å². The summed E-state index contributed by atoms with van der Waals surface area (Å²) >= 11 is 3.43. The Labute approximate surface area is 112 Å². The van der Waals surface area contributed by atoms with Gasteiger partial charge in [-0.1, -0.05) is 15.9 Å². The minimum Gasteiger partial charge on any atom is -0.369 e. The van der Waals surface area contributed by atoms with Crippen LogP contribution >= 0.6 is 15.9 Å². The van der Waals surface area contributed by atoms with Crippen LogP contribution in [0, 0.1) is 0 Å². The zero-order valence-corrected chi connectivity index (χ0v) is 11.4. The average molecular weight is 306 g/mol. The van der Waals surface area contributed by atoms with Gasteiger partial charge in [0, 0.05) is 17.7 Å². The van der Waals surface area contributed by atoms with E-state index in [1.54, 1.807) is 4.68 Å². The molecule has 0 aliphatic carbocycles. The third-order valence-electron chi connectivity index (χ3n) is 2.83. The number of anilines is 1. The molecule has 6 heteroatoms. The van der Waals surface area contributed by atoms with Gasteiger partial charge in [0.2, 0.25) is 5.95 Å². The maximum Gasteiger partial charge on any atom is 0.201 e. The molecule has 2 heterocycles. The summed E-state index contributed by atoms with van der Waals surface area (Å²) in [5.74, 6) is 0.508. The molecule has 0 saturated carbocycles. The fourth-order valence-electron chi connectivity index (χ4n) is 2.00. The second kappa shape index (κ2) is 4.13. The fourth-order valence-corrected chi connectivity index (χ4v) is 2.35. The van der Waals surface area contributed by atoms with Crippen molar-refractivity contribution in [3.63, 3.8) is 0 Å². The number of aryl methyl sites for hydroxylation is 1. The lowest BCUT2D eigenvalue weighted by Crippen LogP contribution is -2.05. The molecule has 0 saturated heterocycles. The first-order valence-electron chi connectivity index (χ1n) is 5.53. The molecule has 5 nitrogen and oxygen atoms in total. The van der Waals surface area contributed by atoms with E-state index < -0.39 is 0 Å². The monoisotopic (exact) mass is 305 g/mol. The number of nitrogen functional groups attached to an aromatic ring is 1. The number of rotatable bonds is 2. The second-order valence-electron chi connectivity index (χ2n) is 4.17. The van der Waals surface area contributed by atoms with E-state index >= 15 is 0 Å². The third-order valence-corrected chi connectivity index (χ3v) is 3.32. The Morgan fingerprint density at radius 2 is 2.17 bits per heavy atom. The van der Waals surface area contributed by atoms with Crippen molar-refractivity contribution in [2.24, 2.45) is 7.05 Å². The Morgan fingerprint density at radius 1 is 1.33 bits per heavy atom. The van der Waals surface area contributed by atoms with Crippen molar-refractivity contribution >= 4 is 32.9 Å². The first-order chi connectivity index (χ1) is 8.63. The average Bonchev–Trinajstić information content (AvgIpc) is 2.84. The number of nitrogens with two attached hydrogens (primary N) is 1. The number of imidazole rings is 1. The normalized spacial score (nSPS) is 11.2. The maximum atomic E-state index is 5.96. The summed E-state index contributed by atoms with van der Waals surface area (Å²) in [6, 6.07) is 7.93. The van der Waals surface area contributed by atoms with Gasteiger partial charge in [0.15, 0.2) is 0 Å². The molecule has 0 fully saturated rings. The number of nitrogens with zero attached hydrogens (tertiary/aromatic N) is 4. The highest BCUT2D eigenvalue weighted by atomic mass is 79.9. The largest absolute Gasteiger partial charge is 0.369 e. The number of halogens is 1. The molecule has 0 spiro atoms. The van der Waals surface area contributed by atoms with Gasteiger partial charge >= 0.3 is 0 Å². The predicted molar refractivity (Wildman–Crippen MR) is 74.2 cm³/mol. The molecular formula is C12H12BrN5. The maximum absolute atomic E-state index is 5.96. The Kier molecular flexibility index (Phi) is 2.59. The van der Waals surface area contributed by atoms with E-state index in [1.807, 2.05) is 42.1 Å². The van der Waals surface area contributed by atoms with Gasteiger partial charge in [-0.25, -0.2) is 4.98 Å². The Bertz CT molecular complexity index is 712. The topological polar surface area (TPSA) is 61.7 Å². The summed E-state index contributed by atoms with van der Waals surface area (Å²) in [6.07, 6.45) is 1.92. The zero-order valence-electron chi connectivity index (χ0n) is 9.84. The standard InChI is InChI=1S/C12H12BrN5/c1-17-5-4-9(16-17)7-18-11-3-2-8(13)6-10(11)15-12(18)14/h2-6H,7H2,1H3,(H2,14,15). The SMILES string of the molecule is Cn1ccc(Cn2c(N)nc3cc(Br)ccc32)n1. The van der Waals surface area contributed by atoms with Crippen LogP contribution in [-0.4, -0.2) is 19.3 Å². The lowest BCUT2D eigenvalue weighted by Gasteiger charge is -2.03. The first kappa shape index (κ1) is 11.3. The lowest BCUT2D eigenvalue weighted by atomic mass is 10.3. The van der Waals surface area contributed by atoms with Crippen LogP contribution in [0.1, 0.15) is 5.69 Å². The van der Waals surface area contributed by atoms with Gasteiger partial charge in [-0.05, 0) is 24.3 Å². The molecule has 0 aliphatic rings. The van der Waals surface area contributed by atoms with Crippen LogP contribution in [0.15, 0.2) is 34.9 Å². The molecule has 0 amide bonds. The summed E-state index contributed by atoms with van der Waals surface area (Å²) in [5, 5.41) is 4.35. The van der Waals surface area contributed by atoms with Crippen LogP contribution in [0.25, 0.3) is 11.0 Å². The molecular weight excluding hydrogens is 294 g/mol. The lowest BCUT2D eigenvalue weighted by molar-refractivity contribution is 0.717. The zero-order chi connectivity index (χ0) is 12.7. The molecule has 2 N–H and O–H groups in total. The van der Waals surface area contributed by atoms with Gasteiger partial charge in [0.1, 0.15) is 0 Å². The quantitative estimate of drug-likeness (QED) is 0.789. The molecule has 3 aromatic rings. The minimum absolute atomic E-state index is 0.508. The van der Waals surface area contributed by atoms with Crippen molar-refractivity contribution in [1.29, 1.82) is 0 Å². The van der Waals surface area contributed by atoms with E-state index in [0.717, 1.165) is 21.2 Å². The van der Waals surface area contributed by atoms with E-state index in [0.29, 0.717) is 12.5 Å². The summed E-state index contributed by atoms with van der Waals surface area (Å²) in [4.78, 5) is 4.35. The molecule has 0 radical (unpaired) electrons. The van der Waals surface area contributed by atoms with Crippen molar-refractivity contribution in [1.82, 2.24) is 19.3 Å². The third kappa shape index (κ3) is 1.88. The number of aromatic nitrogens is 4. The summed E-state index contributed by atoms with van der Waals surface area (Å²) in [6.45, 7) is 0.630. The van der Waals surface area contributed by atoms with E-state index in [4.69, 9.17) is 5.73 Å². The van der Waals surface area contributed by atoms with Crippen LogP contribution in [0.5, 0.6) is 0 Å². The highest BCUT2D eigenvalue weighted by Crippen LogP contribution is 2.22. The number of hydrogen-bond acceptors (Lipinski definition) is 3. The van der Waals surface area contributed by atoms with Crippen LogP contribution in [-0.2, 0) is 13.6 Å². The Balaban J connectivity index is 2.08. The molecule has 18 heavy (non-hydrogen) atoms. The van der Waals surface area contributed by atoms with Crippen LogP contribution in [0.4, 0.5) is 5.95 Å². The van der Waals surface area contributed by atoms with Gasteiger partial charge < -0.3 is 10.3 Å². The number of fused-ring (bicyclic) bond motifs is 1. The number of benzene rings is 1. The molecule has 0 bridgehead atoms. The highest BCUT2D eigenvalue weighted by Gasteiger charge is 2.09. The van der Waals surface area contributed by atoms with Gasteiger partial charge in [0.25, 0.3) is 0 Å². The van der Waals surface area contributed by atoms with Crippen molar-refractivity contribution < 1.29 is 0 Å². The molecule has 3 rings (SSSR count). The highest BCUT2D eigenvalue weighted by molar-refractivity contribution is 9.10. The van der Waals surface area contributed by atoms with Crippen molar-refractivity contribution in [3.8, 4) is 0 Å². The molecule has 0 unspecified atom stereocenters. The van der Waals surface area contributed by atoms with Crippen molar-refractivity contribution in [2.45, 2.75) is 6.54 Å². The van der Waals surface area contributed by atoms with E-state index in [9.17, 15) is 0 Å². The predicted octanol–water partition coefficient (Wildman–Crippen LogP) is 2.16. The smallest absolute Gasteiger partial charge is 0.201 e.